The van der Waals surface area contributed by atoms with E-state index in [4.69, 9.17) is 0 Å². The molecular weight excluding hydrogens is 210 g/mol. The van der Waals surface area contributed by atoms with Crippen LogP contribution in [-0.4, -0.2) is 14.5 Å². The first-order valence-corrected chi connectivity index (χ1v) is 5.42. The highest BCUT2D eigenvalue weighted by Crippen LogP contribution is 2.20. The summed E-state index contributed by atoms with van der Waals surface area (Å²) in [6, 6.07) is 12.3. The van der Waals surface area contributed by atoms with Gasteiger partial charge in [-0.2, -0.15) is 0 Å². The molecule has 3 nitrogen and oxygen atoms in total. The maximum Gasteiger partial charge on any atom is 0.0991 e. The summed E-state index contributed by atoms with van der Waals surface area (Å²) in [7, 11) is 0. The molecule has 0 saturated carbocycles. The summed E-state index contributed by atoms with van der Waals surface area (Å²) in [6.45, 7) is 0. The fraction of sp³-hybridized carbons (Fsp3) is 0. The molecule has 0 N–H and O–H groups in total. The fourth-order valence-corrected chi connectivity index (χ4v) is 1.79. The fourth-order valence-electron chi connectivity index (χ4n) is 1.79. The number of rotatable bonds is 2. The molecule has 3 rings (SSSR count). The number of pyridine rings is 1. The maximum atomic E-state index is 4.13. The van der Waals surface area contributed by atoms with Crippen LogP contribution in [0.15, 0.2) is 67.5 Å². The molecule has 3 heteroatoms. The van der Waals surface area contributed by atoms with E-state index in [1.165, 1.54) is 0 Å². The molecule has 0 fully saturated rings. The van der Waals surface area contributed by atoms with Crippen LogP contribution in [0, 0.1) is 0 Å². The van der Waals surface area contributed by atoms with Gasteiger partial charge >= 0.3 is 0 Å². The molecule has 2 heterocycles. The predicted molar refractivity (Wildman–Crippen MR) is 66.8 cm³/mol. The summed E-state index contributed by atoms with van der Waals surface area (Å²) in [6.07, 6.45) is 9.15. The van der Waals surface area contributed by atoms with Crippen LogP contribution in [0.5, 0.6) is 0 Å². The molecular formula is C14H11N3. The molecule has 3 aromatic rings. The molecule has 82 valence electrons. The van der Waals surface area contributed by atoms with Crippen molar-refractivity contribution in [2.24, 2.45) is 0 Å². The number of imidazole rings is 1. The molecule has 0 saturated heterocycles. The third kappa shape index (κ3) is 1.95. The molecule has 17 heavy (non-hydrogen) atoms. The Bertz CT molecular complexity index is 600. The summed E-state index contributed by atoms with van der Waals surface area (Å²) in [4.78, 5) is 8.19. The Morgan fingerprint density at radius 1 is 0.882 bits per heavy atom. The minimum Gasteiger partial charge on any atom is -0.306 e. The Morgan fingerprint density at radius 3 is 2.59 bits per heavy atom. The lowest BCUT2D eigenvalue weighted by atomic mass is 10.1. The van der Waals surface area contributed by atoms with Gasteiger partial charge in [-0.25, -0.2) is 4.98 Å². The van der Waals surface area contributed by atoms with Crippen LogP contribution in [0.1, 0.15) is 0 Å². The molecule has 0 unspecified atom stereocenters. The number of benzene rings is 1. The molecule has 0 spiro atoms. The number of hydrogen-bond acceptors (Lipinski definition) is 2. The van der Waals surface area contributed by atoms with E-state index in [1.54, 1.807) is 18.7 Å². The van der Waals surface area contributed by atoms with Crippen molar-refractivity contribution in [3.8, 4) is 16.8 Å². The standard InChI is InChI=1S/C14H11N3/c1-3-12(13-4-2-6-15-10-13)9-14(5-1)17-8-7-16-11-17/h1-11H. The van der Waals surface area contributed by atoms with Gasteiger partial charge in [0.25, 0.3) is 0 Å². The van der Waals surface area contributed by atoms with E-state index in [-0.39, 0.29) is 0 Å². The van der Waals surface area contributed by atoms with Crippen LogP contribution in [0.2, 0.25) is 0 Å². The molecule has 0 radical (unpaired) electrons. The zero-order valence-electron chi connectivity index (χ0n) is 9.19. The van der Waals surface area contributed by atoms with Crippen molar-refractivity contribution >= 4 is 0 Å². The summed E-state index contributed by atoms with van der Waals surface area (Å²) < 4.78 is 1.99. The van der Waals surface area contributed by atoms with Crippen molar-refractivity contribution in [3.05, 3.63) is 67.5 Å². The molecule has 0 aliphatic heterocycles. The van der Waals surface area contributed by atoms with Crippen LogP contribution >= 0.6 is 0 Å². The zero-order chi connectivity index (χ0) is 11.5. The molecule has 0 bridgehead atoms. The maximum absolute atomic E-state index is 4.13. The summed E-state index contributed by atoms with van der Waals surface area (Å²) in [5.74, 6) is 0. The van der Waals surface area contributed by atoms with Crippen molar-refractivity contribution in [2.45, 2.75) is 0 Å². The van der Waals surface area contributed by atoms with Crippen molar-refractivity contribution in [2.75, 3.05) is 0 Å². The summed E-state index contributed by atoms with van der Waals surface area (Å²) in [5.41, 5.74) is 3.38. The van der Waals surface area contributed by atoms with Crippen molar-refractivity contribution in [1.29, 1.82) is 0 Å². The Labute approximate surface area is 99.4 Å². The Kier molecular flexibility index (Phi) is 2.43. The van der Waals surface area contributed by atoms with Gasteiger partial charge in [0.1, 0.15) is 0 Å². The van der Waals surface area contributed by atoms with Gasteiger partial charge in [0, 0.05) is 36.0 Å². The Hall–Kier alpha value is -2.42. The van der Waals surface area contributed by atoms with Crippen LogP contribution < -0.4 is 0 Å². The second kappa shape index (κ2) is 4.22. The van der Waals surface area contributed by atoms with E-state index in [0.717, 1.165) is 16.8 Å². The molecule has 0 aliphatic rings. The first kappa shape index (κ1) is 9.78. The van der Waals surface area contributed by atoms with Gasteiger partial charge in [0.05, 0.1) is 6.33 Å². The smallest absolute Gasteiger partial charge is 0.0991 e. The molecule has 1 aromatic carbocycles. The van der Waals surface area contributed by atoms with E-state index < -0.39 is 0 Å². The van der Waals surface area contributed by atoms with E-state index in [2.05, 4.69) is 34.2 Å². The van der Waals surface area contributed by atoms with Crippen molar-refractivity contribution < 1.29 is 0 Å². The zero-order valence-corrected chi connectivity index (χ0v) is 9.19. The van der Waals surface area contributed by atoms with Gasteiger partial charge in [-0.05, 0) is 23.8 Å². The molecule has 2 aromatic heterocycles. The van der Waals surface area contributed by atoms with Crippen LogP contribution in [-0.2, 0) is 0 Å². The van der Waals surface area contributed by atoms with Gasteiger partial charge in [-0.15, -0.1) is 0 Å². The lowest BCUT2D eigenvalue weighted by Crippen LogP contribution is -1.90. The van der Waals surface area contributed by atoms with Crippen LogP contribution in [0.4, 0.5) is 0 Å². The molecule has 0 atom stereocenters. The number of nitrogens with zero attached hydrogens (tertiary/aromatic N) is 3. The van der Waals surface area contributed by atoms with E-state index >= 15 is 0 Å². The summed E-state index contributed by atoms with van der Waals surface area (Å²) >= 11 is 0. The van der Waals surface area contributed by atoms with Crippen molar-refractivity contribution in [1.82, 2.24) is 14.5 Å². The van der Waals surface area contributed by atoms with Crippen molar-refractivity contribution in [3.63, 3.8) is 0 Å². The topological polar surface area (TPSA) is 30.7 Å². The van der Waals surface area contributed by atoms with E-state index in [0.29, 0.717) is 0 Å². The molecule has 0 amide bonds. The second-order valence-corrected chi connectivity index (χ2v) is 3.76. The van der Waals surface area contributed by atoms with Gasteiger partial charge in [-0.3, -0.25) is 4.98 Å². The van der Waals surface area contributed by atoms with Gasteiger partial charge < -0.3 is 4.57 Å². The lowest BCUT2D eigenvalue weighted by Gasteiger charge is -2.05. The Balaban J connectivity index is 2.06. The average molecular weight is 221 g/mol. The lowest BCUT2D eigenvalue weighted by molar-refractivity contribution is 1.06. The second-order valence-electron chi connectivity index (χ2n) is 3.76. The number of aromatic nitrogens is 3. The first-order valence-electron chi connectivity index (χ1n) is 5.42. The largest absolute Gasteiger partial charge is 0.306 e. The molecule has 0 aliphatic carbocycles. The van der Waals surface area contributed by atoms with E-state index in [1.807, 2.05) is 29.1 Å². The minimum absolute atomic E-state index is 1.10. The van der Waals surface area contributed by atoms with Gasteiger partial charge in [-0.1, -0.05) is 18.2 Å². The highest BCUT2D eigenvalue weighted by molar-refractivity contribution is 5.64. The van der Waals surface area contributed by atoms with Gasteiger partial charge in [0.2, 0.25) is 0 Å². The predicted octanol–water partition coefficient (Wildman–Crippen LogP) is 2.93. The number of hydrogen-bond donors (Lipinski definition) is 0. The van der Waals surface area contributed by atoms with Gasteiger partial charge in [0.15, 0.2) is 0 Å². The normalized spacial score (nSPS) is 10.4. The first-order chi connectivity index (χ1) is 8.43. The monoisotopic (exact) mass is 221 g/mol. The summed E-state index contributed by atoms with van der Waals surface area (Å²) in [5, 5.41) is 0. The van der Waals surface area contributed by atoms with E-state index in [9.17, 15) is 0 Å². The quantitative estimate of drug-likeness (QED) is 0.666. The third-order valence-corrected chi connectivity index (χ3v) is 2.64. The Morgan fingerprint density at radius 2 is 1.82 bits per heavy atom. The van der Waals surface area contributed by atoms with Crippen LogP contribution in [0.3, 0.4) is 0 Å². The SMILES string of the molecule is c1cncc(-c2cccc(-n3ccnc3)c2)c1. The minimum atomic E-state index is 1.10. The third-order valence-electron chi connectivity index (χ3n) is 2.64. The highest BCUT2D eigenvalue weighted by atomic mass is 15.0. The highest BCUT2D eigenvalue weighted by Gasteiger charge is 2.00. The van der Waals surface area contributed by atoms with Crippen LogP contribution in [0.25, 0.3) is 16.8 Å². The average Bonchev–Trinajstić information content (AvgIpc) is 2.94.